The topological polar surface area (TPSA) is 66.5 Å². The van der Waals surface area contributed by atoms with E-state index in [2.05, 4.69) is 5.32 Å². The number of hydrogen-bond acceptors (Lipinski definition) is 3. The molecule has 3 aromatic carbocycles. The van der Waals surface area contributed by atoms with Crippen molar-refractivity contribution in [2.75, 3.05) is 6.54 Å². The lowest BCUT2D eigenvalue weighted by Gasteiger charge is -2.32. The van der Waals surface area contributed by atoms with Crippen LogP contribution in [0.5, 0.6) is 0 Å². The van der Waals surface area contributed by atoms with Crippen LogP contribution in [0.3, 0.4) is 0 Å². The summed E-state index contributed by atoms with van der Waals surface area (Å²) in [4.78, 5) is 12.9. The third-order valence-corrected chi connectivity index (χ3v) is 8.82. The molecule has 1 fully saturated rings. The third-order valence-electron chi connectivity index (χ3n) is 6.99. The first-order valence-electron chi connectivity index (χ1n) is 12.5. The molecule has 1 N–H and O–H groups in total. The zero-order valence-corrected chi connectivity index (χ0v) is 21.7. The zero-order chi connectivity index (χ0) is 26.4. The molecule has 0 aliphatic heterocycles. The van der Waals surface area contributed by atoms with Crippen LogP contribution in [0.1, 0.15) is 42.4 Å². The molecule has 1 aliphatic rings. The van der Waals surface area contributed by atoms with Crippen LogP contribution in [-0.4, -0.2) is 25.2 Å². The lowest BCUT2D eigenvalue weighted by atomic mass is 9.81. The van der Waals surface area contributed by atoms with Gasteiger partial charge in [0.2, 0.25) is 15.9 Å². The number of nitrogens with one attached hydrogen (secondary N) is 1. The molecular formula is C29H32F2N2O3S. The van der Waals surface area contributed by atoms with Gasteiger partial charge in [0.25, 0.3) is 0 Å². The van der Waals surface area contributed by atoms with E-state index in [1.165, 1.54) is 28.1 Å². The molecule has 5 nitrogen and oxygen atoms in total. The van der Waals surface area contributed by atoms with Gasteiger partial charge in [-0.05, 0) is 73.9 Å². The number of carbonyl (C=O) groups excluding carboxylic acids is 1. The molecule has 0 aromatic heterocycles. The van der Waals surface area contributed by atoms with Crippen molar-refractivity contribution in [3.63, 3.8) is 0 Å². The summed E-state index contributed by atoms with van der Waals surface area (Å²) in [5, 5.41) is 3.02. The van der Waals surface area contributed by atoms with E-state index >= 15 is 0 Å². The Kier molecular flexibility index (Phi) is 8.71. The minimum atomic E-state index is -3.86. The fourth-order valence-electron chi connectivity index (χ4n) is 4.77. The highest BCUT2D eigenvalue weighted by Crippen LogP contribution is 2.31. The minimum Gasteiger partial charge on any atom is -0.352 e. The van der Waals surface area contributed by atoms with Gasteiger partial charge in [0.1, 0.15) is 0 Å². The molecule has 196 valence electrons. The van der Waals surface area contributed by atoms with Gasteiger partial charge in [0, 0.05) is 25.6 Å². The van der Waals surface area contributed by atoms with Gasteiger partial charge in [-0.1, -0.05) is 54.1 Å². The van der Waals surface area contributed by atoms with E-state index in [1.807, 2.05) is 31.2 Å². The largest absolute Gasteiger partial charge is 0.352 e. The number of benzene rings is 3. The van der Waals surface area contributed by atoms with Gasteiger partial charge in [-0.25, -0.2) is 17.2 Å². The minimum absolute atomic E-state index is 0.0228. The average Bonchev–Trinajstić information content (AvgIpc) is 2.91. The molecule has 0 heterocycles. The van der Waals surface area contributed by atoms with Crippen molar-refractivity contribution in [3.05, 3.63) is 101 Å². The lowest BCUT2D eigenvalue weighted by molar-refractivity contribution is -0.126. The number of hydrogen-bond donors (Lipinski definition) is 1. The van der Waals surface area contributed by atoms with Gasteiger partial charge >= 0.3 is 0 Å². The summed E-state index contributed by atoms with van der Waals surface area (Å²) >= 11 is 0. The van der Waals surface area contributed by atoms with Crippen LogP contribution in [0, 0.1) is 30.4 Å². The van der Waals surface area contributed by atoms with Crippen molar-refractivity contribution >= 4 is 15.9 Å². The molecule has 0 bridgehead atoms. The molecule has 1 saturated carbocycles. The number of amides is 1. The van der Waals surface area contributed by atoms with Crippen molar-refractivity contribution in [3.8, 4) is 0 Å². The Balaban J connectivity index is 1.40. The van der Waals surface area contributed by atoms with E-state index in [9.17, 15) is 22.0 Å². The molecule has 0 radical (unpaired) electrons. The molecule has 0 spiro atoms. The average molecular weight is 527 g/mol. The van der Waals surface area contributed by atoms with E-state index in [0.717, 1.165) is 17.7 Å². The summed E-state index contributed by atoms with van der Waals surface area (Å²) in [6.45, 7) is 2.68. The number of carbonyl (C=O) groups is 1. The smallest absolute Gasteiger partial charge is 0.243 e. The predicted molar refractivity (Wildman–Crippen MR) is 139 cm³/mol. The number of aryl methyl sites for hydroxylation is 1. The van der Waals surface area contributed by atoms with Gasteiger partial charge in [0.15, 0.2) is 11.6 Å². The molecule has 0 saturated heterocycles. The summed E-state index contributed by atoms with van der Waals surface area (Å²) in [5.74, 6) is -2.00. The number of rotatable bonds is 9. The van der Waals surface area contributed by atoms with E-state index < -0.39 is 21.7 Å². The summed E-state index contributed by atoms with van der Waals surface area (Å²) < 4.78 is 55.6. The second-order valence-corrected chi connectivity index (χ2v) is 11.7. The Morgan fingerprint density at radius 2 is 1.54 bits per heavy atom. The zero-order valence-electron chi connectivity index (χ0n) is 20.9. The second kappa shape index (κ2) is 12.0. The van der Waals surface area contributed by atoms with Crippen LogP contribution in [0.25, 0.3) is 0 Å². The van der Waals surface area contributed by atoms with Crippen LogP contribution in [0.2, 0.25) is 0 Å². The molecule has 0 atom stereocenters. The third kappa shape index (κ3) is 7.02. The van der Waals surface area contributed by atoms with Gasteiger partial charge < -0.3 is 5.32 Å². The maximum Gasteiger partial charge on any atom is 0.243 e. The van der Waals surface area contributed by atoms with Crippen molar-refractivity contribution < 1.29 is 22.0 Å². The van der Waals surface area contributed by atoms with Gasteiger partial charge in [-0.3, -0.25) is 4.79 Å². The van der Waals surface area contributed by atoms with Gasteiger partial charge in [0.05, 0.1) is 4.90 Å². The van der Waals surface area contributed by atoms with Crippen LogP contribution < -0.4 is 5.32 Å². The van der Waals surface area contributed by atoms with E-state index in [1.54, 1.807) is 18.2 Å². The van der Waals surface area contributed by atoms with Crippen molar-refractivity contribution in [2.24, 2.45) is 11.8 Å². The number of sulfonamides is 1. The van der Waals surface area contributed by atoms with Crippen LogP contribution in [0.15, 0.2) is 77.7 Å². The molecule has 4 rings (SSSR count). The van der Waals surface area contributed by atoms with Crippen LogP contribution in [0.4, 0.5) is 8.78 Å². The maximum atomic E-state index is 13.8. The second-order valence-electron chi connectivity index (χ2n) is 9.78. The van der Waals surface area contributed by atoms with Crippen molar-refractivity contribution in [1.29, 1.82) is 0 Å². The van der Waals surface area contributed by atoms with Crippen LogP contribution >= 0.6 is 0 Å². The summed E-state index contributed by atoms with van der Waals surface area (Å²) in [5.41, 5.74) is 2.59. The number of nitrogens with zero attached hydrogens (tertiary/aromatic N) is 1. The first kappa shape index (κ1) is 26.9. The highest BCUT2D eigenvalue weighted by molar-refractivity contribution is 7.89. The maximum absolute atomic E-state index is 13.8. The van der Waals surface area contributed by atoms with Gasteiger partial charge in [-0.2, -0.15) is 4.31 Å². The molecular weight excluding hydrogens is 494 g/mol. The van der Waals surface area contributed by atoms with Crippen molar-refractivity contribution in [1.82, 2.24) is 9.62 Å². The summed E-state index contributed by atoms with van der Waals surface area (Å²) in [6.07, 6.45) is 2.77. The normalized spacial score (nSPS) is 18.1. The molecule has 37 heavy (non-hydrogen) atoms. The SMILES string of the molecule is Cc1ccc(CNC(=O)C2CCC(CN(Cc3ccc(F)c(F)c3)S(=O)(=O)c3ccccc3)CC2)cc1. The van der Waals surface area contributed by atoms with Gasteiger partial charge in [-0.15, -0.1) is 0 Å². The molecule has 1 amide bonds. The molecule has 0 unspecified atom stereocenters. The van der Waals surface area contributed by atoms with E-state index in [0.29, 0.717) is 37.8 Å². The highest BCUT2D eigenvalue weighted by Gasteiger charge is 2.31. The first-order chi connectivity index (χ1) is 17.7. The standard InChI is InChI=1S/C29H32F2N2O3S/c1-21-7-9-22(10-8-21)18-32-29(34)25-14-11-23(12-15-25)19-33(20-24-13-16-27(30)28(31)17-24)37(35,36)26-5-3-2-4-6-26/h2-10,13,16-17,23,25H,11-12,14-15,18-20H2,1H3,(H,32,34). The summed E-state index contributed by atoms with van der Waals surface area (Å²) in [7, 11) is -3.86. The molecule has 1 aliphatic carbocycles. The first-order valence-corrected chi connectivity index (χ1v) is 14.0. The molecule has 3 aromatic rings. The Hall–Kier alpha value is -3.10. The highest BCUT2D eigenvalue weighted by atomic mass is 32.2. The van der Waals surface area contributed by atoms with E-state index in [4.69, 9.17) is 0 Å². The fraction of sp³-hybridized carbons (Fsp3) is 0.345. The Bertz CT molecular complexity index is 1310. The van der Waals surface area contributed by atoms with Crippen LogP contribution in [-0.2, 0) is 27.9 Å². The fourth-order valence-corrected chi connectivity index (χ4v) is 6.29. The molecule has 8 heteroatoms. The van der Waals surface area contributed by atoms with E-state index in [-0.39, 0.29) is 35.7 Å². The Morgan fingerprint density at radius 3 is 2.19 bits per heavy atom. The quantitative estimate of drug-likeness (QED) is 0.396. The Labute approximate surface area is 217 Å². The predicted octanol–water partition coefficient (Wildman–Crippen LogP) is 5.59. The number of halogens is 2. The Morgan fingerprint density at radius 1 is 0.892 bits per heavy atom. The lowest BCUT2D eigenvalue weighted by Crippen LogP contribution is -2.38. The summed E-state index contributed by atoms with van der Waals surface area (Å²) in [6, 6.07) is 19.6. The monoisotopic (exact) mass is 526 g/mol. The van der Waals surface area contributed by atoms with Crippen molar-refractivity contribution in [2.45, 2.75) is 50.6 Å².